The Morgan fingerprint density at radius 3 is 2.27 bits per heavy atom. The molecular formula is C6H3Cl4N. The van der Waals surface area contributed by atoms with Gasteiger partial charge in [-0.25, -0.2) is 0 Å². The van der Waals surface area contributed by atoms with Gasteiger partial charge in [0, 0.05) is 6.20 Å². The molecule has 1 heterocycles. The summed E-state index contributed by atoms with van der Waals surface area (Å²) in [5.74, 6) is 0. The summed E-state index contributed by atoms with van der Waals surface area (Å²) in [7, 11) is 0. The molecule has 0 unspecified atom stereocenters. The van der Waals surface area contributed by atoms with E-state index in [9.17, 15) is 0 Å². The lowest BCUT2D eigenvalue weighted by Crippen LogP contribution is -2.03. The largest absolute Gasteiger partial charge is 0.255 e. The molecule has 0 amide bonds. The summed E-state index contributed by atoms with van der Waals surface area (Å²) in [5.41, 5.74) is 0.256. The maximum atomic E-state index is 5.69. The van der Waals surface area contributed by atoms with Crippen molar-refractivity contribution >= 4 is 46.4 Å². The number of nitrogens with zero attached hydrogens (tertiary/aromatic N) is 1. The molecule has 1 rings (SSSR count). The van der Waals surface area contributed by atoms with Crippen LogP contribution < -0.4 is 0 Å². The molecule has 5 heteroatoms. The van der Waals surface area contributed by atoms with Crippen molar-refractivity contribution in [2.45, 2.75) is 3.79 Å². The summed E-state index contributed by atoms with van der Waals surface area (Å²) < 4.78 is -1.54. The van der Waals surface area contributed by atoms with Crippen LogP contribution in [0.5, 0.6) is 0 Å². The molecule has 1 nitrogen and oxygen atoms in total. The molecule has 0 aromatic carbocycles. The third-order valence-corrected chi connectivity index (χ3v) is 1.87. The smallest absolute Gasteiger partial charge is 0.234 e. The molecule has 1 aromatic heterocycles. The molecule has 0 fully saturated rings. The van der Waals surface area contributed by atoms with Gasteiger partial charge in [0.1, 0.15) is 5.69 Å². The summed E-state index contributed by atoms with van der Waals surface area (Å²) in [6.45, 7) is 0. The summed E-state index contributed by atoms with van der Waals surface area (Å²) in [6.07, 6.45) is 1.52. The highest BCUT2D eigenvalue weighted by Crippen LogP contribution is 2.39. The number of rotatable bonds is 0. The first-order valence-corrected chi connectivity index (χ1v) is 4.20. The van der Waals surface area contributed by atoms with Gasteiger partial charge in [0.15, 0.2) is 0 Å². The molecule has 0 aliphatic carbocycles. The normalized spacial score (nSPS) is 11.6. The lowest BCUT2D eigenvalue weighted by atomic mass is 10.4. The van der Waals surface area contributed by atoms with E-state index in [4.69, 9.17) is 46.4 Å². The Bertz CT molecular complexity index is 255. The highest BCUT2D eigenvalue weighted by molar-refractivity contribution is 6.67. The molecule has 0 N–H and O–H groups in total. The fourth-order valence-electron chi connectivity index (χ4n) is 0.594. The van der Waals surface area contributed by atoms with Crippen LogP contribution in [0.1, 0.15) is 5.69 Å². The molecule has 0 atom stereocenters. The van der Waals surface area contributed by atoms with Crippen LogP contribution in [0.3, 0.4) is 0 Å². The second-order valence-corrected chi connectivity index (χ2v) is 4.52. The average molecular weight is 231 g/mol. The lowest BCUT2D eigenvalue weighted by molar-refractivity contribution is 1.09. The van der Waals surface area contributed by atoms with Crippen LogP contribution in [-0.2, 0) is 3.79 Å². The molecule has 0 aliphatic rings. The lowest BCUT2D eigenvalue weighted by Gasteiger charge is -2.10. The highest BCUT2D eigenvalue weighted by atomic mass is 35.6. The summed E-state index contributed by atoms with van der Waals surface area (Å²) in [6, 6.07) is 3.29. The van der Waals surface area contributed by atoms with Crippen molar-refractivity contribution in [3.8, 4) is 0 Å². The van der Waals surface area contributed by atoms with Crippen LogP contribution in [0.2, 0.25) is 5.02 Å². The van der Waals surface area contributed by atoms with Crippen molar-refractivity contribution in [1.29, 1.82) is 0 Å². The van der Waals surface area contributed by atoms with E-state index in [1.54, 1.807) is 12.1 Å². The maximum absolute atomic E-state index is 5.69. The van der Waals surface area contributed by atoms with E-state index in [0.717, 1.165) is 0 Å². The first-order valence-electron chi connectivity index (χ1n) is 2.69. The maximum Gasteiger partial charge on any atom is 0.234 e. The number of halogens is 4. The monoisotopic (exact) mass is 229 g/mol. The second-order valence-electron chi connectivity index (χ2n) is 1.83. The molecule has 0 saturated heterocycles. The Labute approximate surface area is 84.2 Å². The first-order chi connectivity index (χ1) is 5.02. The van der Waals surface area contributed by atoms with Crippen molar-refractivity contribution < 1.29 is 0 Å². The Hall–Kier alpha value is 0.310. The Morgan fingerprint density at radius 1 is 1.27 bits per heavy atom. The van der Waals surface area contributed by atoms with Gasteiger partial charge in [-0.2, -0.15) is 0 Å². The van der Waals surface area contributed by atoms with Gasteiger partial charge in [0.2, 0.25) is 3.79 Å². The molecule has 60 valence electrons. The molecule has 11 heavy (non-hydrogen) atoms. The zero-order valence-electron chi connectivity index (χ0n) is 5.19. The number of aromatic nitrogens is 1. The van der Waals surface area contributed by atoms with Gasteiger partial charge in [0.05, 0.1) is 5.02 Å². The van der Waals surface area contributed by atoms with Gasteiger partial charge in [-0.1, -0.05) is 46.4 Å². The fraction of sp³-hybridized carbons (Fsp3) is 0.167. The minimum absolute atomic E-state index is 0.256. The minimum atomic E-state index is -1.54. The SMILES string of the molecule is Clc1cccnc1C(Cl)(Cl)Cl. The van der Waals surface area contributed by atoms with Crippen molar-refractivity contribution in [3.63, 3.8) is 0 Å². The third kappa shape index (κ3) is 2.38. The minimum Gasteiger partial charge on any atom is -0.255 e. The topological polar surface area (TPSA) is 12.9 Å². The standard InChI is InChI=1S/C6H3Cl4N/c7-4-2-1-3-11-5(4)6(8,9)10/h1-3H. The number of hydrogen-bond acceptors (Lipinski definition) is 1. The second kappa shape index (κ2) is 3.36. The van der Waals surface area contributed by atoms with E-state index >= 15 is 0 Å². The molecule has 1 aromatic rings. The van der Waals surface area contributed by atoms with Gasteiger partial charge in [-0.15, -0.1) is 0 Å². The first kappa shape index (κ1) is 9.40. The third-order valence-electron chi connectivity index (χ3n) is 1.03. The Kier molecular flexibility index (Phi) is 2.87. The molecule has 0 saturated carbocycles. The quantitative estimate of drug-likeness (QED) is 0.622. The van der Waals surface area contributed by atoms with Crippen LogP contribution in [0, 0.1) is 0 Å². The number of alkyl halides is 3. The highest BCUT2D eigenvalue weighted by Gasteiger charge is 2.26. The van der Waals surface area contributed by atoms with Gasteiger partial charge >= 0.3 is 0 Å². The predicted octanol–water partition coefficient (Wildman–Crippen LogP) is 3.56. The summed E-state index contributed by atoms with van der Waals surface area (Å²) in [5, 5.41) is 0.354. The van der Waals surface area contributed by atoms with E-state index in [1.807, 2.05) is 0 Å². The van der Waals surface area contributed by atoms with E-state index in [-0.39, 0.29) is 5.69 Å². The van der Waals surface area contributed by atoms with E-state index in [2.05, 4.69) is 4.98 Å². The number of hydrogen-bond donors (Lipinski definition) is 0. The van der Waals surface area contributed by atoms with E-state index in [1.165, 1.54) is 6.20 Å². The van der Waals surface area contributed by atoms with Gasteiger partial charge < -0.3 is 0 Å². The molecular weight excluding hydrogens is 228 g/mol. The fourth-order valence-corrected chi connectivity index (χ4v) is 1.45. The van der Waals surface area contributed by atoms with Crippen molar-refractivity contribution in [1.82, 2.24) is 4.98 Å². The molecule has 0 radical (unpaired) electrons. The Balaban J connectivity index is 3.14. The summed E-state index contributed by atoms with van der Waals surface area (Å²) >= 11 is 22.3. The zero-order chi connectivity index (χ0) is 8.48. The molecule has 0 aliphatic heterocycles. The van der Waals surface area contributed by atoms with Gasteiger partial charge in [-0.3, -0.25) is 4.98 Å². The predicted molar refractivity (Wildman–Crippen MR) is 48.5 cm³/mol. The van der Waals surface area contributed by atoms with Crippen molar-refractivity contribution in [2.75, 3.05) is 0 Å². The van der Waals surface area contributed by atoms with Crippen LogP contribution >= 0.6 is 46.4 Å². The zero-order valence-corrected chi connectivity index (χ0v) is 8.21. The molecule has 0 spiro atoms. The summed E-state index contributed by atoms with van der Waals surface area (Å²) in [4.78, 5) is 3.82. The van der Waals surface area contributed by atoms with Crippen LogP contribution in [0.4, 0.5) is 0 Å². The molecule has 0 bridgehead atoms. The number of pyridine rings is 1. The van der Waals surface area contributed by atoms with Gasteiger partial charge in [0.25, 0.3) is 0 Å². The Morgan fingerprint density at radius 2 is 1.91 bits per heavy atom. The van der Waals surface area contributed by atoms with E-state index in [0.29, 0.717) is 5.02 Å². The van der Waals surface area contributed by atoms with Gasteiger partial charge in [-0.05, 0) is 12.1 Å². The average Bonchev–Trinajstić information content (AvgIpc) is 1.86. The van der Waals surface area contributed by atoms with Crippen LogP contribution in [-0.4, -0.2) is 4.98 Å². The van der Waals surface area contributed by atoms with Crippen LogP contribution in [0.25, 0.3) is 0 Å². The van der Waals surface area contributed by atoms with Crippen LogP contribution in [0.15, 0.2) is 18.3 Å². The van der Waals surface area contributed by atoms with Crippen molar-refractivity contribution in [2.24, 2.45) is 0 Å². The van der Waals surface area contributed by atoms with Crippen molar-refractivity contribution in [3.05, 3.63) is 29.0 Å². The van der Waals surface area contributed by atoms with E-state index < -0.39 is 3.79 Å².